The number of hydrogen-bond donors (Lipinski definition) is 1. The van der Waals surface area contributed by atoms with Crippen molar-refractivity contribution in [1.29, 1.82) is 0 Å². The Morgan fingerprint density at radius 2 is 1.94 bits per heavy atom. The van der Waals surface area contributed by atoms with Crippen molar-refractivity contribution in [2.24, 2.45) is 5.92 Å². The van der Waals surface area contributed by atoms with Crippen LogP contribution in [-0.2, 0) is 9.84 Å². The van der Waals surface area contributed by atoms with Gasteiger partial charge in [0.2, 0.25) is 0 Å². The smallest absolute Gasteiger partial charge is 0.150 e. The summed E-state index contributed by atoms with van der Waals surface area (Å²) in [6.07, 6.45) is 5.28. The zero-order chi connectivity index (χ0) is 12.0. The van der Waals surface area contributed by atoms with Crippen LogP contribution in [0.4, 0.5) is 0 Å². The summed E-state index contributed by atoms with van der Waals surface area (Å²) in [6, 6.07) is 0.760. The van der Waals surface area contributed by atoms with Crippen LogP contribution in [0.2, 0.25) is 0 Å². The summed E-state index contributed by atoms with van der Waals surface area (Å²) in [4.78, 5) is 0. The highest BCUT2D eigenvalue weighted by Gasteiger charge is 2.20. The van der Waals surface area contributed by atoms with E-state index in [1.807, 2.05) is 6.92 Å². The Morgan fingerprint density at radius 3 is 2.50 bits per heavy atom. The van der Waals surface area contributed by atoms with Crippen molar-refractivity contribution in [3.05, 3.63) is 0 Å². The molecule has 0 aromatic heterocycles. The summed E-state index contributed by atoms with van der Waals surface area (Å²) in [7, 11) is -2.78. The minimum Gasteiger partial charge on any atom is -0.314 e. The predicted octanol–water partition coefficient (Wildman–Crippen LogP) is 1.98. The molecule has 1 N–H and O–H groups in total. The quantitative estimate of drug-likeness (QED) is 0.677. The average Bonchev–Trinajstić information content (AvgIpc) is 2.99. The molecule has 1 aliphatic rings. The van der Waals surface area contributed by atoms with Crippen LogP contribution in [0, 0.1) is 5.92 Å². The van der Waals surface area contributed by atoms with E-state index in [-0.39, 0.29) is 0 Å². The Hall–Kier alpha value is -0.0900. The number of rotatable bonds is 9. The summed E-state index contributed by atoms with van der Waals surface area (Å²) >= 11 is 0. The highest BCUT2D eigenvalue weighted by atomic mass is 32.2. The zero-order valence-electron chi connectivity index (χ0n) is 10.5. The van der Waals surface area contributed by atoms with Gasteiger partial charge in [-0.15, -0.1) is 0 Å². The van der Waals surface area contributed by atoms with Crippen molar-refractivity contribution in [3.8, 4) is 0 Å². The van der Waals surface area contributed by atoms with Gasteiger partial charge in [-0.2, -0.15) is 0 Å². The first kappa shape index (κ1) is 14.0. The molecule has 0 bridgehead atoms. The molecule has 0 heterocycles. The van der Waals surface area contributed by atoms with E-state index in [0.29, 0.717) is 17.4 Å². The Morgan fingerprint density at radius 1 is 1.25 bits per heavy atom. The summed E-state index contributed by atoms with van der Waals surface area (Å²) in [5.41, 5.74) is 0. The standard InChI is InChI=1S/C12H25NO2S/c1-3-9-16(14,15)10-7-11(2)6-8-13-12-4-5-12/h11-13H,3-10H2,1-2H3. The third-order valence-electron chi connectivity index (χ3n) is 3.08. The molecule has 16 heavy (non-hydrogen) atoms. The monoisotopic (exact) mass is 247 g/mol. The van der Waals surface area contributed by atoms with E-state index in [4.69, 9.17) is 0 Å². The topological polar surface area (TPSA) is 46.2 Å². The first-order chi connectivity index (χ1) is 7.53. The lowest BCUT2D eigenvalue weighted by molar-refractivity contribution is 0.483. The third kappa shape index (κ3) is 6.48. The summed E-state index contributed by atoms with van der Waals surface area (Å²) in [6.45, 7) is 5.11. The van der Waals surface area contributed by atoms with Crippen LogP contribution in [0.15, 0.2) is 0 Å². The Balaban J connectivity index is 2.05. The minimum absolute atomic E-state index is 0.347. The van der Waals surface area contributed by atoms with E-state index in [1.54, 1.807) is 0 Å². The van der Waals surface area contributed by atoms with Crippen LogP contribution in [0.5, 0.6) is 0 Å². The molecular formula is C12H25NO2S. The molecule has 0 spiro atoms. The van der Waals surface area contributed by atoms with E-state index in [1.165, 1.54) is 12.8 Å². The lowest BCUT2D eigenvalue weighted by atomic mass is 10.1. The normalized spacial score (nSPS) is 18.6. The molecule has 1 unspecified atom stereocenters. The minimum atomic E-state index is -2.78. The van der Waals surface area contributed by atoms with Gasteiger partial charge in [-0.25, -0.2) is 8.42 Å². The van der Waals surface area contributed by atoms with Crippen LogP contribution < -0.4 is 5.32 Å². The molecule has 0 amide bonds. The fourth-order valence-corrected chi connectivity index (χ4v) is 3.35. The molecule has 4 heteroatoms. The van der Waals surface area contributed by atoms with Gasteiger partial charge in [0.05, 0.1) is 5.75 Å². The fourth-order valence-electron chi connectivity index (χ4n) is 1.76. The first-order valence-electron chi connectivity index (χ1n) is 6.47. The Labute approximate surface area is 99.9 Å². The largest absolute Gasteiger partial charge is 0.314 e. The first-order valence-corrected chi connectivity index (χ1v) is 8.29. The molecule has 0 radical (unpaired) electrons. The maximum atomic E-state index is 11.5. The summed E-state index contributed by atoms with van der Waals surface area (Å²) in [5, 5.41) is 3.46. The highest BCUT2D eigenvalue weighted by molar-refractivity contribution is 7.91. The molecule has 0 saturated heterocycles. The SMILES string of the molecule is CCCS(=O)(=O)CCC(C)CCNC1CC1. The molecule has 1 fully saturated rings. The third-order valence-corrected chi connectivity index (χ3v) is 4.97. The van der Waals surface area contributed by atoms with Crippen molar-refractivity contribution in [2.75, 3.05) is 18.1 Å². The lowest BCUT2D eigenvalue weighted by Gasteiger charge is -2.11. The molecule has 96 valence electrons. The molecule has 1 rings (SSSR count). The lowest BCUT2D eigenvalue weighted by Crippen LogP contribution is -2.20. The second kappa shape index (κ2) is 6.60. The van der Waals surface area contributed by atoms with Gasteiger partial charge in [-0.3, -0.25) is 0 Å². The van der Waals surface area contributed by atoms with Gasteiger partial charge in [0.15, 0.2) is 0 Å². The Bertz CT molecular complexity index is 283. The highest BCUT2D eigenvalue weighted by Crippen LogP contribution is 2.19. The van der Waals surface area contributed by atoms with E-state index < -0.39 is 9.84 Å². The number of nitrogens with one attached hydrogen (secondary N) is 1. The van der Waals surface area contributed by atoms with E-state index >= 15 is 0 Å². The van der Waals surface area contributed by atoms with Gasteiger partial charge in [0, 0.05) is 11.8 Å². The maximum Gasteiger partial charge on any atom is 0.150 e. The maximum absolute atomic E-state index is 11.5. The molecule has 1 aliphatic carbocycles. The summed E-state index contributed by atoms with van der Waals surface area (Å²) < 4.78 is 23.0. The molecular weight excluding hydrogens is 222 g/mol. The van der Waals surface area contributed by atoms with Gasteiger partial charge in [-0.1, -0.05) is 13.8 Å². The van der Waals surface area contributed by atoms with Gasteiger partial charge in [0.1, 0.15) is 9.84 Å². The van der Waals surface area contributed by atoms with Crippen molar-refractivity contribution in [3.63, 3.8) is 0 Å². The van der Waals surface area contributed by atoms with Gasteiger partial charge >= 0.3 is 0 Å². The molecule has 0 aliphatic heterocycles. The van der Waals surface area contributed by atoms with Crippen molar-refractivity contribution in [1.82, 2.24) is 5.32 Å². The van der Waals surface area contributed by atoms with Crippen molar-refractivity contribution in [2.45, 2.75) is 52.0 Å². The second-order valence-corrected chi connectivity index (χ2v) is 7.37. The van der Waals surface area contributed by atoms with Gasteiger partial charge < -0.3 is 5.32 Å². The Kier molecular flexibility index (Phi) is 5.76. The zero-order valence-corrected chi connectivity index (χ0v) is 11.4. The van der Waals surface area contributed by atoms with E-state index in [0.717, 1.165) is 31.8 Å². The van der Waals surface area contributed by atoms with Gasteiger partial charge in [0.25, 0.3) is 0 Å². The predicted molar refractivity (Wildman–Crippen MR) is 68.4 cm³/mol. The number of hydrogen-bond acceptors (Lipinski definition) is 3. The van der Waals surface area contributed by atoms with Crippen LogP contribution in [-0.4, -0.2) is 32.5 Å². The van der Waals surface area contributed by atoms with Crippen LogP contribution in [0.25, 0.3) is 0 Å². The second-order valence-electron chi connectivity index (χ2n) is 5.06. The fraction of sp³-hybridized carbons (Fsp3) is 1.00. The number of sulfone groups is 1. The molecule has 0 aromatic rings. The average molecular weight is 247 g/mol. The van der Waals surface area contributed by atoms with Crippen molar-refractivity contribution < 1.29 is 8.42 Å². The van der Waals surface area contributed by atoms with Gasteiger partial charge in [-0.05, 0) is 44.6 Å². The molecule has 0 aromatic carbocycles. The van der Waals surface area contributed by atoms with E-state index in [2.05, 4.69) is 12.2 Å². The van der Waals surface area contributed by atoms with Crippen LogP contribution in [0.3, 0.4) is 0 Å². The molecule has 1 atom stereocenters. The molecule has 1 saturated carbocycles. The van der Waals surface area contributed by atoms with Crippen LogP contribution >= 0.6 is 0 Å². The molecule has 3 nitrogen and oxygen atoms in total. The van der Waals surface area contributed by atoms with Crippen molar-refractivity contribution >= 4 is 9.84 Å². The van der Waals surface area contributed by atoms with Crippen LogP contribution in [0.1, 0.15) is 46.0 Å². The summed E-state index contributed by atoms with van der Waals surface area (Å²) in [5.74, 6) is 1.23. The van der Waals surface area contributed by atoms with E-state index in [9.17, 15) is 8.42 Å².